The number of anilines is 1. The van der Waals surface area contributed by atoms with Crippen molar-refractivity contribution in [2.75, 3.05) is 25.9 Å². The largest absolute Gasteiger partial charge is 0.384 e. The van der Waals surface area contributed by atoms with Crippen LogP contribution in [0.1, 0.15) is 30.7 Å². The molecule has 1 amide bonds. The van der Waals surface area contributed by atoms with E-state index < -0.39 is 0 Å². The first-order valence-corrected chi connectivity index (χ1v) is 9.69. The predicted octanol–water partition coefficient (Wildman–Crippen LogP) is 2.48. The minimum Gasteiger partial charge on any atom is -0.384 e. The first-order valence-electron chi connectivity index (χ1n) is 9.31. The fourth-order valence-corrected chi connectivity index (χ4v) is 4.16. The molecule has 27 heavy (non-hydrogen) atoms. The maximum Gasteiger partial charge on any atom is 0.233 e. The first kappa shape index (κ1) is 18.2. The summed E-state index contributed by atoms with van der Waals surface area (Å²) >= 11 is 6.14. The smallest absolute Gasteiger partial charge is 0.233 e. The molecule has 2 heterocycles. The van der Waals surface area contributed by atoms with Gasteiger partial charge in [0.2, 0.25) is 5.91 Å². The normalized spacial score (nSPS) is 20.9. The highest BCUT2D eigenvalue weighted by atomic mass is 35.5. The van der Waals surface area contributed by atoms with Gasteiger partial charge in [-0.3, -0.25) is 9.69 Å². The molecule has 142 valence electrons. The number of amides is 1. The van der Waals surface area contributed by atoms with Crippen molar-refractivity contribution >= 4 is 23.3 Å². The summed E-state index contributed by atoms with van der Waals surface area (Å²) in [6.07, 6.45) is 4.44. The number of nitrogens with two attached hydrogens (primary N) is 1. The average Bonchev–Trinajstić information content (AvgIpc) is 3.31. The van der Waals surface area contributed by atoms with Crippen molar-refractivity contribution in [2.45, 2.75) is 37.3 Å². The first-order chi connectivity index (χ1) is 13.0. The topological polar surface area (TPSA) is 75.4 Å². The van der Waals surface area contributed by atoms with Gasteiger partial charge < -0.3 is 10.6 Å². The van der Waals surface area contributed by atoms with Gasteiger partial charge in [0.15, 0.2) is 0 Å². The summed E-state index contributed by atoms with van der Waals surface area (Å²) in [5, 5.41) is 0.688. The van der Waals surface area contributed by atoms with E-state index in [0.717, 1.165) is 37.9 Å². The van der Waals surface area contributed by atoms with Gasteiger partial charge in [-0.2, -0.15) is 0 Å². The van der Waals surface area contributed by atoms with Gasteiger partial charge in [-0.25, -0.2) is 9.97 Å². The van der Waals surface area contributed by atoms with Crippen LogP contribution in [0.25, 0.3) is 0 Å². The number of hydrogen-bond acceptors (Lipinski definition) is 5. The molecule has 1 aromatic heterocycles. The Balaban J connectivity index is 1.41. The Morgan fingerprint density at radius 2 is 2.22 bits per heavy atom. The number of benzene rings is 1. The minimum absolute atomic E-state index is 0.237. The lowest BCUT2D eigenvalue weighted by Gasteiger charge is -2.26. The highest BCUT2D eigenvalue weighted by Gasteiger charge is 2.53. The van der Waals surface area contributed by atoms with E-state index in [9.17, 15) is 4.79 Å². The lowest BCUT2D eigenvalue weighted by atomic mass is 9.94. The summed E-state index contributed by atoms with van der Waals surface area (Å²) in [7, 11) is 2.05. The Hall–Kier alpha value is -2.18. The molecule has 1 aromatic carbocycles. The monoisotopic (exact) mass is 385 g/mol. The summed E-state index contributed by atoms with van der Waals surface area (Å²) in [6.45, 7) is 2.14. The van der Waals surface area contributed by atoms with Crippen molar-refractivity contribution in [2.24, 2.45) is 0 Å². The Kier molecular flexibility index (Phi) is 4.78. The van der Waals surface area contributed by atoms with E-state index in [2.05, 4.69) is 21.9 Å². The molecule has 2 fully saturated rings. The molecular formula is C20H24ClN5O. The van der Waals surface area contributed by atoms with E-state index in [1.807, 2.05) is 29.2 Å². The van der Waals surface area contributed by atoms with E-state index in [1.54, 1.807) is 12.3 Å². The number of aromatic nitrogens is 2. The number of nitrogens with zero attached hydrogens (tertiary/aromatic N) is 4. The van der Waals surface area contributed by atoms with Crippen molar-refractivity contribution in [3.05, 3.63) is 52.9 Å². The lowest BCUT2D eigenvalue weighted by molar-refractivity contribution is -0.133. The van der Waals surface area contributed by atoms with Crippen LogP contribution in [-0.4, -0.2) is 51.9 Å². The van der Waals surface area contributed by atoms with Crippen molar-refractivity contribution < 1.29 is 4.79 Å². The molecule has 1 saturated heterocycles. The minimum atomic E-state index is -0.366. The fraction of sp³-hybridized carbons (Fsp3) is 0.450. The van der Waals surface area contributed by atoms with Gasteiger partial charge in [-0.1, -0.05) is 23.7 Å². The number of hydrogen-bond donors (Lipinski definition) is 1. The summed E-state index contributed by atoms with van der Waals surface area (Å²) < 4.78 is 0. The summed E-state index contributed by atoms with van der Waals surface area (Å²) in [4.78, 5) is 26.0. The zero-order valence-electron chi connectivity index (χ0n) is 15.4. The van der Waals surface area contributed by atoms with Crippen LogP contribution in [0.15, 0.2) is 36.5 Å². The van der Waals surface area contributed by atoms with Crippen molar-refractivity contribution in [1.82, 2.24) is 19.8 Å². The van der Waals surface area contributed by atoms with Crippen LogP contribution in [0.4, 0.5) is 5.82 Å². The van der Waals surface area contributed by atoms with Crippen LogP contribution in [-0.2, 0) is 16.8 Å². The van der Waals surface area contributed by atoms with Gasteiger partial charge >= 0.3 is 0 Å². The second kappa shape index (κ2) is 7.09. The lowest BCUT2D eigenvalue weighted by Crippen LogP contribution is -2.40. The SMILES string of the molecule is CN(Cc1nccc(N)n1)[C@H]1CCN(C(=O)C2(c3cccc(Cl)c3)CC2)C1. The molecule has 2 aromatic rings. The number of likely N-dealkylation sites (tertiary alicyclic amines) is 1. The molecule has 2 aliphatic rings. The van der Waals surface area contributed by atoms with E-state index >= 15 is 0 Å². The number of carbonyl (C=O) groups is 1. The Labute approximate surface area is 164 Å². The molecule has 1 aliphatic heterocycles. The quantitative estimate of drug-likeness (QED) is 0.855. The van der Waals surface area contributed by atoms with Gasteiger partial charge in [0, 0.05) is 30.4 Å². The zero-order chi connectivity index (χ0) is 19.0. The highest BCUT2D eigenvalue weighted by Crippen LogP contribution is 2.50. The van der Waals surface area contributed by atoms with Crippen LogP contribution in [0.5, 0.6) is 0 Å². The van der Waals surface area contributed by atoms with Crippen LogP contribution in [0, 0.1) is 0 Å². The molecule has 7 heteroatoms. The van der Waals surface area contributed by atoms with E-state index in [-0.39, 0.29) is 11.3 Å². The fourth-order valence-electron chi connectivity index (χ4n) is 3.97. The Bertz CT molecular complexity index is 854. The van der Waals surface area contributed by atoms with E-state index in [4.69, 9.17) is 17.3 Å². The summed E-state index contributed by atoms with van der Waals surface area (Å²) in [5.41, 5.74) is 6.42. The Morgan fingerprint density at radius 1 is 1.41 bits per heavy atom. The van der Waals surface area contributed by atoms with E-state index in [0.29, 0.717) is 29.3 Å². The maximum atomic E-state index is 13.2. The summed E-state index contributed by atoms with van der Waals surface area (Å²) in [6, 6.07) is 9.72. The standard InChI is InChI=1S/C20H24ClN5O/c1-25(13-18-23-9-5-17(22)24-18)16-6-10-26(12-16)19(27)20(7-8-20)14-3-2-4-15(21)11-14/h2-5,9,11,16H,6-8,10,12-13H2,1H3,(H2,22,23,24)/t16-/m0/s1. The molecule has 1 saturated carbocycles. The van der Waals surface area contributed by atoms with Crippen LogP contribution >= 0.6 is 11.6 Å². The molecule has 1 atom stereocenters. The Morgan fingerprint density at radius 3 is 2.93 bits per heavy atom. The van der Waals surface area contributed by atoms with Crippen LogP contribution in [0.3, 0.4) is 0 Å². The molecule has 6 nitrogen and oxygen atoms in total. The second-order valence-corrected chi connectivity index (χ2v) is 8.04. The third-order valence-corrected chi connectivity index (χ3v) is 5.96. The van der Waals surface area contributed by atoms with Crippen molar-refractivity contribution in [1.29, 1.82) is 0 Å². The highest BCUT2D eigenvalue weighted by molar-refractivity contribution is 6.30. The third-order valence-electron chi connectivity index (χ3n) is 5.73. The summed E-state index contributed by atoms with van der Waals surface area (Å²) in [5.74, 6) is 1.43. The average molecular weight is 386 g/mol. The third kappa shape index (κ3) is 3.64. The molecule has 0 radical (unpaired) electrons. The number of carbonyl (C=O) groups excluding carboxylic acids is 1. The van der Waals surface area contributed by atoms with Crippen LogP contribution < -0.4 is 5.73 Å². The maximum absolute atomic E-state index is 13.2. The molecule has 4 rings (SSSR count). The second-order valence-electron chi connectivity index (χ2n) is 7.60. The van der Waals surface area contributed by atoms with Crippen molar-refractivity contribution in [3.63, 3.8) is 0 Å². The van der Waals surface area contributed by atoms with E-state index in [1.165, 1.54) is 0 Å². The molecule has 0 spiro atoms. The molecular weight excluding hydrogens is 362 g/mol. The molecule has 2 N–H and O–H groups in total. The van der Waals surface area contributed by atoms with Crippen LogP contribution in [0.2, 0.25) is 5.02 Å². The molecule has 0 bridgehead atoms. The van der Waals surface area contributed by atoms with Gasteiger partial charge in [-0.15, -0.1) is 0 Å². The van der Waals surface area contributed by atoms with Gasteiger partial charge in [-0.05, 0) is 50.1 Å². The predicted molar refractivity (Wildman–Crippen MR) is 105 cm³/mol. The molecule has 1 aliphatic carbocycles. The number of nitrogen functional groups attached to an aromatic ring is 1. The van der Waals surface area contributed by atoms with Crippen molar-refractivity contribution in [3.8, 4) is 0 Å². The number of halogens is 1. The number of likely N-dealkylation sites (N-methyl/N-ethyl adjacent to an activating group) is 1. The van der Waals surface area contributed by atoms with Gasteiger partial charge in [0.1, 0.15) is 11.6 Å². The molecule has 0 unspecified atom stereocenters. The zero-order valence-corrected chi connectivity index (χ0v) is 16.2. The number of rotatable bonds is 5. The van der Waals surface area contributed by atoms with Gasteiger partial charge in [0.25, 0.3) is 0 Å². The van der Waals surface area contributed by atoms with Gasteiger partial charge in [0.05, 0.1) is 12.0 Å².